The molecule has 2 fully saturated rings. The number of likely N-dealkylation sites (tertiary alicyclic amines) is 1. The van der Waals surface area contributed by atoms with Gasteiger partial charge in [0.1, 0.15) is 5.69 Å². The first kappa shape index (κ1) is 17.5. The lowest BCUT2D eigenvalue weighted by atomic mass is 9.94. The third-order valence-electron chi connectivity index (χ3n) is 5.06. The van der Waals surface area contributed by atoms with Gasteiger partial charge in [-0.05, 0) is 50.6 Å². The second-order valence-electron chi connectivity index (χ2n) is 6.93. The van der Waals surface area contributed by atoms with Gasteiger partial charge in [0.2, 0.25) is 0 Å². The van der Waals surface area contributed by atoms with Crippen molar-refractivity contribution in [2.75, 3.05) is 32.8 Å². The van der Waals surface area contributed by atoms with Gasteiger partial charge >= 0.3 is 0 Å². The lowest BCUT2D eigenvalue weighted by Gasteiger charge is -2.35. The van der Waals surface area contributed by atoms with Gasteiger partial charge < -0.3 is 9.64 Å². The molecule has 3 heterocycles. The number of nitrogens with zero attached hydrogens (tertiary/aromatic N) is 3. The van der Waals surface area contributed by atoms with E-state index in [9.17, 15) is 13.6 Å². The third kappa shape index (κ3) is 4.60. The highest BCUT2D eigenvalue weighted by Gasteiger charge is 2.23. The quantitative estimate of drug-likeness (QED) is 0.825. The molecule has 24 heavy (non-hydrogen) atoms. The molecule has 0 radical (unpaired) electrons. The summed E-state index contributed by atoms with van der Waals surface area (Å²) < 4.78 is 32.1. The molecule has 2 saturated heterocycles. The zero-order valence-corrected chi connectivity index (χ0v) is 13.9. The molecule has 134 valence electrons. The highest BCUT2D eigenvalue weighted by molar-refractivity contribution is 5.00. The summed E-state index contributed by atoms with van der Waals surface area (Å²) in [5, 5.41) is 0. The van der Waals surface area contributed by atoms with Crippen LogP contribution in [0.25, 0.3) is 0 Å². The molecular weight excluding hydrogens is 316 g/mol. The summed E-state index contributed by atoms with van der Waals surface area (Å²) in [6, 6.07) is 0.947. The van der Waals surface area contributed by atoms with Crippen LogP contribution in [0.5, 0.6) is 0 Å². The van der Waals surface area contributed by atoms with Crippen molar-refractivity contribution in [1.29, 1.82) is 0 Å². The molecule has 2 aliphatic heterocycles. The summed E-state index contributed by atoms with van der Waals surface area (Å²) in [4.78, 5) is 18.1. The fraction of sp³-hybridized carbons (Fsp3) is 0.765. The van der Waals surface area contributed by atoms with Crippen LogP contribution in [0.15, 0.2) is 17.2 Å². The molecule has 0 spiro atoms. The molecule has 0 aromatic carbocycles. The molecule has 0 amide bonds. The Balaban J connectivity index is 1.47. The Kier molecular flexibility index (Phi) is 5.94. The molecule has 3 rings (SSSR count). The Morgan fingerprint density at radius 1 is 1.21 bits per heavy atom. The molecule has 1 atom stereocenters. The van der Waals surface area contributed by atoms with Gasteiger partial charge in [0, 0.05) is 25.8 Å². The monoisotopic (exact) mass is 341 g/mol. The maximum Gasteiger partial charge on any atom is 0.280 e. The van der Waals surface area contributed by atoms with Crippen LogP contribution in [0.3, 0.4) is 0 Å². The highest BCUT2D eigenvalue weighted by Crippen LogP contribution is 2.22. The number of halogens is 2. The predicted octanol–water partition coefficient (Wildman–Crippen LogP) is 2.32. The summed E-state index contributed by atoms with van der Waals surface area (Å²) in [5.41, 5.74) is -0.831. The lowest BCUT2D eigenvalue weighted by Crippen LogP contribution is -2.40. The largest absolute Gasteiger partial charge is 0.381 e. The van der Waals surface area contributed by atoms with E-state index in [2.05, 4.69) is 9.88 Å². The molecule has 0 bridgehead atoms. The zero-order valence-electron chi connectivity index (χ0n) is 13.9. The highest BCUT2D eigenvalue weighted by atomic mass is 19.3. The molecule has 0 N–H and O–H groups in total. The van der Waals surface area contributed by atoms with E-state index >= 15 is 0 Å². The molecule has 1 unspecified atom stereocenters. The van der Waals surface area contributed by atoms with Crippen molar-refractivity contribution in [3.63, 3.8) is 0 Å². The fourth-order valence-electron chi connectivity index (χ4n) is 3.64. The summed E-state index contributed by atoms with van der Waals surface area (Å²) in [5.74, 6) is 1.05. The molecule has 5 nitrogen and oxygen atoms in total. The van der Waals surface area contributed by atoms with Gasteiger partial charge in [-0.25, -0.2) is 13.8 Å². The summed E-state index contributed by atoms with van der Waals surface area (Å²) >= 11 is 0. The van der Waals surface area contributed by atoms with Gasteiger partial charge in [-0.3, -0.25) is 9.36 Å². The molecule has 0 aliphatic carbocycles. The smallest absolute Gasteiger partial charge is 0.280 e. The first-order valence-corrected chi connectivity index (χ1v) is 8.76. The molecule has 7 heteroatoms. The van der Waals surface area contributed by atoms with Crippen molar-refractivity contribution >= 4 is 0 Å². The topological polar surface area (TPSA) is 47.4 Å². The van der Waals surface area contributed by atoms with E-state index in [1.54, 1.807) is 0 Å². The number of piperidine rings is 1. The van der Waals surface area contributed by atoms with E-state index in [1.165, 1.54) is 17.3 Å². The van der Waals surface area contributed by atoms with Gasteiger partial charge in [0.25, 0.3) is 12.0 Å². The summed E-state index contributed by atoms with van der Waals surface area (Å²) in [7, 11) is 0. The lowest BCUT2D eigenvalue weighted by molar-refractivity contribution is 0.0320. The van der Waals surface area contributed by atoms with Crippen molar-refractivity contribution in [3.05, 3.63) is 28.4 Å². The first-order valence-electron chi connectivity index (χ1n) is 8.76. The van der Waals surface area contributed by atoms with Crippen LogP contribution in [0.4, 0.5) is 8.78 Å². The molecule has 2 aliphatic rings. The maximum atomic E-state index is 12.5. The zero-order chi connectivity index (χ0) is 16.9. The van der Waals surface area contributed by atoms with Crippen LogP contribution >= 0.6 is 0 Å². The van der Waals surface area contributed by atoms with Crippen molar-refractivity contribution in [1.82, 2.24) is 14.5 Å². The molecule has 1 aromatic rings. The Labute approximate surface area is 140 Å². The Morgan fingerprint density at radius 2 is 2.00 bits per heavy atom. The average molecular weight is 341 g/mol. The molecule has 0 saturated carbocycles. The fourth-order valence-corrected chi connectivity index (χ4v) is 3.64. The third-order valence-corrected chi connectivity index (χ3v) is 5.06. The molecular formula is C17H25F2N3O2. The van der Waals surface area contributed by atoms with Gasteiger partial charge in [-0.1, -0.05) is 0 Å². The van der Waals surface area contributed by atoms with E-state index in [0.717, 1.165) is 58.2 Å². The maximum absolute atomic E-state index is 12.5. The Hall–Kier alpha value is -1.34. The van der Waals surface area contributed by atoms with E-state index in [0.29, 0.717) is 18.4 Å². The van der Waals surface area contributed by atoms with Crippen LogP contribution in [0, 0.1) is 11.8 Å². The first-order chi connectivity index (χ1) is 11.6. The summed E-state index contributed by atoms with van der Waals surface area (Å²) in [6.07, 6.45) is 3.02. The normalized spacial score (nSPS) is 23.7. The SMILES string of the molecule is O=c1cc(C(F)F)ncn1CC1CCN(CC2CCCOC2)CC1. The van der Waals surface area contributed by atoms with Crippen molar-refractivity contribution < 1.29 is 13.5 Å². The van der Waals surface area contributed by atoms with Crippen LogP contribution in [0.1, 0.15) is 37.8 Å². The van der Waals surface area contributed by atoms with Gasteiger partial charge in [-0.2, -0.15) is 0 Å². The minimum Gasteiger partial charge on any atom is -0.381 e. The van der Waals surface area contributed by atoms with Crippen LogP contribution in [0.2, 0.25) is 0 Å². The predicted molar refractivity (Wildman–Crippen MR) is 86.2 cm³/mol. The average Bonchev–Trinajstić information content (AvgIpc) is 2.59. The Morgan fingerprint density at radius 3 is 2.62 bits per heavy atom. The van der Waals surface area contributed by atoms with Crippen LogP contribution < -0.4 is 5.56 Å². The minimum absolute atomic E-state index is 0.387. The van der Waals surface area contributed by atoms with Gasteiger partial charge in [-0.15, -0.1) is 0 Å². The number of ether oxygens (including phenoxy) is 1. The molecule has 1 aromatic heterocycles. The van der Waals surface area contributed by atoms with Crippen molar-refractivity contribution in [2.24, 2.45) is 11.8 Å². The minimum atomic E-state index is -2.70. The van der Waals surface area contributed by atoms with Gasteiger partial charge in [0.15, 0.2) is 0 Å². The summed E-state index contributed by atoms with van der Waals surface area (Å²) in [6.45, 7) is 5.48. The van der Waals surface area contributed by atoms with E-state index in [4.69, 9.17) is 4.74 Å². The Bertz CT molecular complexity index is 579. The van der Waals surface area contributed by atoms with Crippen molar-refractivity contribution in [3.8, 4) is 0 Å². The van der Waals surface area contributed by atoms with Crippen LogP contribution in [-0.2, 0) is 11.3 Å². The van der Waals surface area contributed by atoms with E-state index in [1.807, 2.05) is 0 Å². The second kappa shape index (κ2) is 8.16. The van der Waals surface area contributed by atoms with Crippen molar-refractivity contribution in [2.45, 2.75) is 38.7 Å². The second-order valence-corrected chi connectivity index (χ2v) is 6.93. The van der Waals surface area contributed by atoms with Crippen LogP contribution in [-0.4, -0.2) is 47.3 Å². The number of aromatic nitrogens is 2. The number of rotatable bonds is 5. The number of hydrogen-bond donors (Lipinski definition) is 0. The number of alkyl halides is 2. The van der Waals surface area contributed by atoms with Gasteiger partial charge in [0.05, 0.1) is 12.9 Å². The van der Waals surface area contributed by atoms with E-state index < -0.39 is 12.1 Å². The van der Waals surface area contributed by atoms with E-state index in [-0.39, 0.29) is 5.56 Å². The number of hydrogen-bond acceptors (Lipinski definition) is 4. The standard InChI is InChI=1S/C17H25F2N3O2/c18-17(19)15-8-16(23)22(12-20-15)10-13-3-5-21(6-4-13)9-14-2-1-7-24-11-14/h8,12-14,17H,1-7,9-11H2.